The number of ether oxygens (including phenoxy) is 1. The monoisotopic (exact) mass is 336 g/mol. The van der Waals surface area contributed by atoms with Crippen LogP contribution in [0.1, 0.15) is 5.69 Å². The number of H-pyrrole nitrogens is 1. The van der Waals surface area contributed by atoms with Crippen LogP contribution >= 0.6 is 0 Å². The standard InChI is InChI=1S/C19H20N4O2/c24-19(21-14-16-10-11-22-23-16)20-12-13-25-18-9-5-4-8-17(18)15-6-2-1-3-7-15/h1-11H,12-14H2,(H,22,23)(H2,20,21,24). The van der Waals surface area contributed by atoms with Gasteiger partial charge in [0.05, 0.1) is 18.8 Å². The van der Waals surface area contributed by atoms with Crippen molar-refractivity contribution in [2.75, 3.05) is 13.2 Å². The first kappa shape index (κ1) is 16.6. The first-order chi connectivity index (χ1) is 12.3. The number of hydrogen-bond acceptors (Lipinski definition) is 3. The molecule has 0 atom stereocenters. The molecule has 6 heteroatoms. The van der Waals surface area contributed by atoms with Crippen molar-refractivity contribution in [1.82, 2.24) is 20.8 Å². The molecule has 0 aliphatic carbocycles. The molecule has 0 bridgehead atoms. The van der Waals surface area contributed by atoms with E-state index in [9.17, 15) is 4.79 Å². The van der Waals surface area contributed by atoms with Crippen molar-refractivity contribution in [3.63, 3.8) is 0 Å². The molecule has 2 amide bonds. The van der Waals surface area contributed by atoms with E-state index >= 15 is 0 Å². The van der Waals surface area contributed by atoms with Gasteiger partial charge >= 0.3 is 6.03 Å². The summed E-state index contributed by atoms with van der Waals surface area (Å²) in [6.07, 6.45) is 1.65. The SMILES string of the molecule is O=C(NCCOc1ccccc1-c1ccccc1)NCc1ccn[nH]1. The second-order valence-corrected chi connectivity index (χ2v) is 5.40. The van der Waals surface area contributed by atoms with Gasteiger partial charge in [-0.15, -0.1) is 0 Å². The molecule has 25 heavy (non-hydrogen) atoms. The molecule has 2 aromatic carbocycles. The average molecular weight is 336 g/mol. The van der Waals surface area contributed by atoms with Gasteiger partial charge in [0.25, 0.3) is 0 Å². The molecule has 0 spiro atoms. The lowest BCUT2D eigenvalue weighted by Crippen LogP contribution is -2.37. The highest BCUT2D eigenvalue weighted by Gasteiger charge is 2.06. The van der Waals surface area contributed by atoms with Crippen LogP contribution in [-0.2, 0) is 6.54 Å². The first-order valence-corrected chi connectivity index (χ1v) is 8.10. The van der Waals surface area contributed by atoms with Crippen molar-refractivity contribution in [1.29, 1.82) is 0 Å². The fourth-order valence-corrected chi connectivity index (χ4v) is 2.40. The van der Waals surface area contributed by atoms with Crippen LogP contribution in [0.25, 0.3) is 11.1 Å². The Kier molecular flexibility index (Phi) is 5.66. The molecule has 1 heterocycles. The minimum atomic E-state index is -0.241. The maximum atomic E-state index is 11.7. The number of carbonyl (C=O) groups excluding carboxylic acids is 1. The van der Waals surface area contributed by atoms with Crippen molar-refractivity contribution in [3.8, 4) is 16.9 Å². The third kappa shape index (κ3) is 4.84. The number of urea groups is 1. The average Bonchev–Trinajstić information content (AvgIpc) is 3.18. The van der Waals surface area contributed by atoms with Crippen LogP contribution in [-0.4, -0.2) is 29.4 Å². The molecule has 0 saturated carbocycles. The molecule has 1 aromatic heterocycles. The Morgan fingerprint density at radius 2 is 1.80 bits per heavy atom. The van der Waals surface area contributed by atoms with Gasteiger partial charge < -0.3 is 15.4 Å². The van der Waals surface area contributed by atoms with Crippen molar-refractivity contribution in [2.24, 2.45) is 0 Å². The molecule has 6 nitrogen and oxygen atoms in total. The number of aromatic nitrogens is 2. The van der Waals surface area contributed by atoms with E-state index in [0.717, 1.165) is 22.6 Å². The Morgan fingerprint density at radius 3 is 2.60 bits per heavy atom. The maximum Gasteiger partial charge on any atom is 0.315 e. The van der Waals surface area contributed by atoms with Gasteiger partial charge in [0, 0.05) is 11.8 Å². The Morgan fingerprint density at radius 1 is 1.00 bits per heavy atom. The molecule has 128 valence electrons. The summed E-state index contributed by atoms with van der Waals surface area (Å²) in [5, 5.41) is 12.1. The third-order valence-electron chi connectivity index (χ3n) is 3.61. The minimum absolute atomic E-state index is 0.241. The van der Waals surface area contributed by atoms with Crippen LogP contribution in [0, 0.1) is 0 Å². The Balaban J connectivity index is 1.46. The number of nitrogens with zero attached hydrogens (tertiary/aromatic N) is 1. The normalized spacial score (nSPS) is 10.2. The topological polar surface area (TPSA) is 79.0 Å². The third-order valence-corrected chi connectivity index (χ3v) is 3.61. The van der Waals surface area contributed by atoms with Gasteiger partial charge in [-0.25, -0.2) is 4.79 Å². The van der Waals surface area contributed by atoms with Gasteiger partial charge in [0.1, 0.15) is 12.4 Å². The molecule has 3 N–H and O–H groups in total. The number of benzene rings is 2. The van der Waals surface area contributed by atoms with E-state index in [1.165, 1.54) is 0 Å². The van der Waals surface area contributed by atoms with Crippen molar-refractivity contribution in [2.45, 2.75) is 6.54 Å². The van der Waals surface area contributed by atoms with Gasteiger partial charge in [-0.2, -0.15) is 5.10 Å². The molecule has 0 aliphatic heterocycles. The summed E-state index contributed by atoms with van der Waals surface area (Å²) >= 11 is 0. The molecule has 0 fully saturated rings. The largest absolute Gasteiger partial charge is 0.491 e. The lowest BCUT2D eigenvalue weighted by atomic mass is 10.1. The van der Waals surface area contributed by atoms with Gasteiger partial charge in [0.15, 0.2) is 0 Å². The highest BCUT2D eigenvalue weighted by molar-refractivity contribution is 5.73. The summed E-state index contributed by atoms with van der Waals surface area (Å²) in [7, 11) is 0. The summed E-state index contributed by atoms with van der Waals surface area (Å²) in [6, 6.07) is 19.5. The second-order valence-electron chi connectivity index (χ2n) is 5.40. The van der Waals surface area contributed by atoms with Crippen LogP contribution in [0.5, 0.6) is 5.75 Å². The predicted molar refractivity (Wildman–Crippen MR) is 96.2 cm³/mol. The Hall–Kier alpha value is -3.28. The molecular formula is C19H20N4O2. The van der Waals surface area contributed by atoms with E-state index in [4.69, 9.17) is 4.74 Å². The number of hydrogen-bond donors (Lipinski definition) is 3. The number of amides is 2. The van der Waals surface area contributed by atoms with E-state index in [1.54, 1.807) is 6.20 Å². The van der Waals surface area contributed by atoms with Crippen molar-refractivity contribution < 1.29 is 9.53 Å². The fourth-order valence-electron chi connectivity index (χ4n) is 2.40. The van der Waals surface area contributed by atoms with E-state index in [2.05, 4.69) is 20.8 Å². The van der Waals surface area contributed by atoms with Crippen LogP contribution in [0.2, 0.25) is 0 Å². The van der Waals surface area contributed by atoms with E-state index in [1.807, 2.05) is 60.7 Å². The van der Waals surface area contributed by atoms with Gasteiger partial charge in [-0.3, -0.25) is 5.10 Å². The molecule has 3 aromatic rings. The van der Waals surface area contributed by atoms with Gasteiger partial charge in [-0.05, 0) is 17.7 Å². The number of aromatic amines is 1. The van der Waals surface area contributed by atoms with Gasteiger partial charge in [-0.1, -0.05) is 48.5 Å². The fraction of sp³-hybridized carbons (Fsp3) is 0.158. The summed E-state index contributed by atoms with van der Waals surface area (Å²) in [6.45, 7) is 1.21. The number of carbonyl (C=O) groups is 1. The highest BCUT2D eigenvalue weighted by atomic mass is 16.5. The van der Waals surface area contributed by atoms with Crippen LogP contribution in [0.3, 0.4) is 0 Å². The predicted octanol–water partition coefficient (Wildman–Crippen LogP) is 2.95. The Bertz CT molecular complexity index is 788. The molecule has 0 unspecified atom stereocenters. The van der Waals surface area contributed by atoms with Crippen LogP contribution in [0.4, 0.5) is 4.79 Å². The Labute approximate surface area is 146 Å². The van der Waals surface area contributed by atoms with E-state index < -0.39 is 0 Å². The van der Waals surface area contributed by atoms with Crippen LogP contribution < -0.4 is 15.4 Å². The summed E-state index contributed by atoms with van der Waals surface area (Å²) in [4.78, 5) is 11.7. The second kappa shape index (κ2) is 8.54. The van der Waals surface area contributed by atoms with Gasteiger partial charge in [0.2, 0.25) is 0 Å². The van der Waals surface area contributed by atoms with Crippen LogP contribution in [0.15, 0.2) is 66.9 Å². The quantitative estimate of drug-likeness (QED) is 0.580. The molecule has 0 saturated heterocycles. The molecule has 3 rings (SSSR count). The zero-order chi connectivity index (χ0) is 17.3. The zero-order valence-electron chi connectivity index (χ0n) is 13.7. The smallest absolute Gasteiger partial charge is 0.315 e. The molecule has 0 aliphatic rings. The lowest BCUT2D eigenvalue weighted by Gasteiger charge is -2.12. The first-order valence-electron chi connectivity index (χ1n) is 8.10. The number of para-hydroxylation sites is 1. The maximum absolute atomic E-state index is 11.7. The summed E-state index contributed by atoms with van der Waals surface area (Å²) in [5.74, 6) is 0.799. The summed E-state index contributed by atoms with van der Waals surface area (Å²) in [5.41, 5.74) is 2.98. The number of rotatable bonds is 7. The van der Waals surface area contributed by atoms with E-state index in [-0.39, 0.29) is 6.03 Å². The molecule has 0 radical (unpaired) electrons. The highest BCUT2D eigenvalue weighted by Crippen LogP contribution is 2.29. The lowest BCUT2D eigenvalue weighted by molar-refractivity contribution is 0.236. The van der Waals surface area contributed by atoms with Crippen molar-refractivity contribution in [3.05, 3.63) is 72.6 Å². The zero-order valence-corrected chi connectivity index (χ0v) is 13.7. The summed E-state index contributed by atoms with van der Waals surface area (Å²) < 4.78 is 5.83. The van der Waals surface area contributed by atoms with E-state index in [0.29, 0.717) is 19.7 Å². The minimum Gasteiger partial charge on any atom is -0.491 e. The molecular weight excluding hydrogens is 316 g/mol. The van der Waals surface area contributed by atoms with Crippen molar-refractivity contribution >= 4 is 6.03 Å². The number of nitrogens with one attached hydrogen (secondary N) is 3.